The van der Waals surface area contributed by atoms with Gasteiger partial charge in [-0.2, -0.15) is 0 Å². The summed E-state index contributed by atoms with van der Waals surface area (Å²) in [7, 11) is 0. The van der Waals surface area contributed by atoms with Crippen molar-refractivity contribution in [2.24, 2.45) is 16.7 Å². The second-order valence-corrected chi connectivity index (χ2v) is 17.9. The lowest BCUT2D eigenvalue weighted by Crippen LogP contribution is -2.56. The zero-order valence-electron chi connectivity index (χ0n) is 33.3. The number of carbonyl (C=O) groups excluding carboxylic acids is 2. The average Bonchev–Trinajstić information content (AvgIpc) is 3.06. The second-order valence-electron chi connectivity index (χ2n) is 17.9. The van der Waals surface area contributed by atoms with Gasteiger partial charge in [-0.05, 0) is 70.9 Å². The van der Waals surface area contributed by atoms with Crippen LogP contribution in [0.25, 0.3) is 0 Å². The maximum atomic E-state index is 12.7. The van der Waals surface area contributed by atoms with Crippen molar-refractivity contribution in [2.45, 2.75) is 125 Å². The lowest BCUT2D eigenvalue weighted by atomic mass is 9.83. The number of benzene rings is 2. The Morgan fingerprint density at radius 3 is 1.60 bits per heavy atom. The van der Waals surface area contributed by atoms with E-state index in [4.69, 9.17) is 28.4 Å². The van der Waals surface area contributed by atoms with Gasteiger partial charge in [0.15, 0.2) is 12.6 Å². The molecule has 1 atom stereocenters. The van der Waals surface area contributed by atoms with Crippen LogP contribution in [0.2, 0.25) is 0 Å². The van der Waals surface area contributed by atoms with Gasteiger partial charge in [-0.25, -0.2) is 0 Å². The van der Waals surface area contributed by atoms with E-state index in [9.17, 15) is 19.8 Å². The van der Waals surface area contributed by atoms with E-state index < -0.39 is 23.4 Å². The third-order valence-corrected chi connectivity index (χ3v) is 9.98. The standard InChI is InChI=1S/C42H62O10/c1-26-16-29(18-31(35(26)45)39(4,5)6)12-14-33(43)47-20-28(3)37-49-22-42(23-50-37)24-51-38(52-25-42)41(10,11)21-48-34(44)15-13-30-17-27(2)36(46)32(19-30)40(7,8)9/h16-19,28,37-38,45-46H,12-15,20-25H2,1-11H3. The zero-order valence-corrected chi connectivity index (χ0v) is 33.3. The van der Waals surface area contributed by atoms with Crippen LogP contribution in [0.5, 0.6) is 11.5 Å². The van der Waals surface area contributed by atoms with Crippen LogP contribution in [0.15, 0.2) is 24.3 Å². The van der Waals surface area contributed by atoms with Crippen molar-refractivity contribution in [1.29, 1.82) is 0 Å². The summed E-state index contributed by atoms with van der Waals surface area (Å²) in [5.41, 5.74) is 3.84. The van der Waals surface area contributed by atoms with Crippen molar-refractivity contribution >= 4 is 11.9 Å². The largest absolute Gasteiger partial charge is 0.507 e. The number of aromatic hydroxyl groups is 2. The van der Waals surface area contributed by atoms with Gasteiger partial charge in [-0.15, -0.1) is 0 Å². The Morgan fingerprint density at radius 2 is 1.15 bits per heavy atom. The molecule has 52 heavy (non-hydrogen) atoms. The molecule has 0 amide bonds. The van der Waals surface area contributed by atoms with Gasteiger partial charge in [0.25, 0.3) is 0 Å². The fourth-order valence-electron chi connectivity index (χ4n) is 6.56. The van der Waals surface area contributed by atoms with E-state index in [2.05, 4.69) is 41.5 Å². The van der Waals surface area contributed by atoms with Crippen molar-refractivity contribution in [2.75, 3.05) is 39.6 Å². The molecule has 0 radical (unpaired) electrons. The van der Waals surface area contributed by atoms with E-state index in [1.54, 1.807) is 0 Å². The lowest BCUT2D eigenvalue weighted by molar-refractivity contribution is -0.329. The van der Waals surface area contributed by atoms with Crippen LogP contribution < -0.4 is 0 Å². The lowest BCUT2D eigenvalue weighted by Gasteiger charge is -2.47. The first-order chi connectivity index (χ1) is 24.1. The molecule has 2 heterocycles. The Hall–Kier alpha value is -3.18. The van der Waals surface area contributed by atoms with E-state index in [1.807, 2.05) is 58.9 Å². The van der Waals surface area contributed by atoms with Crippen molar-refractivity contribution in [3.05, 3.63) is 57.6 Å². The number of esters is 2. The van der Waals surface area contributed by atoms with E-state index >= 15 is 0 Å². The van der Waals surface area contributed by atoms with Gasteiger partial charge in [-0.3, -0.25) is 9.59 Å². The minimum Gasteiger partial charge on any atom is -0.507 e. The molecule has 290 valence electrons. The summed E-state index contributed by atoms with van der Waals surface area (Å²) in [6.45, 7) is 23.7. The third-order valence-electron chi connectivity index (χ3n) is 9.98. The molecule has 0 aliphatic carbocycles. The number of ether oxygens (including phenoxy) is 6. The van der Waals surface area contributed by atoms with Gasteiger partial charge in [0.05, 0.1) is 38.4 Å². The first-order valence-electron chi connectivity index (χ1n) is 18.5. The van der Waals surface area contributed by atoms with Crippen LogP contribution in [0.3, 0.4) is 0 Å². The molecule has 10 nitrogen and oxygen atoms in total. The SMILES string of the molecule is Cc1cc(CCC(=O)OCC(C)C2OCC3(CO2)COC(C(C)(C)COC(=O)CCc2cc(C)c(O)c(C(C)(C)C)c2)OC3)cc(C(C)(C)C)c1O. The molecule has 2 fully saturated rings. The van der Waals surface area contributed by atoms with Gasteiger partial charge >= 0.3 is 11.9 Å². The highest BCUT2D eigenvalue weighted by molar-refractivity contribution is 5.70. The van der Waals surface area contributed by atoms with Gasteiger partial charge in [0.2, 0.25) is 0 Å². The van der Waals surface area contributed by atoms with Gasteiger partial charge in [0, 0.05) is 24.2 Å². The number of hydrogen-bond donors (Lipinski definition) is 2. The number of hydrogen-bond acceptors (Lipinski definition) is 10. The number of rotatable bonds is 12. The Morgan fingerprint density at radius 1 is 0.731 bits per heavy atom. The van der Waals surface area contributed by atoms with Crippen molar-refractivity contribution in [3.8, 4) is 11.5 Å². The summed E-state index contributed by atoms with van der Waals surface area (Å²) in [5.74, 6) is -0.157. The normalized spacial score (nSPS) is 21.9. The summed E-state index contributed by atoms with van der Waals surface area (Å²) in [6.07, 6.45) is 0.414. The van der Waals surface area contributed by atoms with Gasteiger partial charge in [-0.1, -0.05) is 86.6 Å². The Kier molecular flexibility index (Phi) is 13.2. The molecular formula is C42H62O10. The quantitative estimate of drug-likeness (QED) is 0.214. The molecule has 2 N–H and O–H groups in total. The van der Waals surface area contributed by atoms with Crippen LogP contribution in [0, 0.1) is 30.6 Å². The van der Waals surface area contributed by atoms with Crippen molar-refractivity contribution in [1.82, 2.24) is 0 Å². The number of carbonyl (C=O) groups is 2. The highest BCUT2D eigenvalue weighted by Crippen LogP contribution is 2.38. The van der Waals surface area contributed by atoms with Crippen LogP contribution in [0.4, 0.5) is 0 Å². The molecule has 0 bridgehead atoms. The number of phenolic OH excluding ortho intramolecular Hbond substituents is 2. The molecule has 1 spiro atoms. The molecule has 2 aliphatic heterocycles. The molecule has 2 aromatic rings. The van der Waals surface area contributed by atoms with Crippen molar-refractivity contribution in [3.63, 3.8) is 0 Å². The van der Waals surface area contributed by atoms with Crippen LogP contribution in [0.1, 0.15) is 109 Å². The van der Waals surface area contributed by atoms with Gasteiger partial charge in [0.1, 0.15) is 18.1 Å². The fourth-order valence-corrected chi connectivity index (χ4v) is 6.56. The summed E-state index contributed by atoms with van der Waals surface area (Å²) < 4.78 is 35.8. The Balaban J connectivity index is 1.16. The molecule has 0 saturated carbocycles. The molecule has 1 unspecified atom stereocenters. The molecule has 2 aliphatic rings. The average molecular weight is 727 g/mol. The zero-order chi connectivity index (χ0) is 38.6. The smallest absolute Gasteiger partial charge is 0.306 e. The summed E-state index contributed by atoms with van der Waals surface area (Å²) in [5, 5.41) is 21.0. The minimum absolute atomic E-state index is 0.142. The van der Waals surface area contributed by atoms with E-state index in [0.29, 0.717) is 50.8 Å². The Labute approximate surface area is 310 Å². The van der Waals surface area contributed by atoms with Crippen molar-refractivity contribution < 1.29 is 48.2 Å². The van der Waals surface area contributed by atoms with Crippen LogP contribution in [-0.4, -0.2) is 74.4 Å². The monoisotopic (exact) mass is 726 g/mol. The summed E-state index contributed by atoms with van der Waals surface area (Å²) in [6, 6.07) is 7.78. The molecule has 0 aromatic heterocycles. The topological polar surface area (TPSA) is 130 Å². The highest BCUT2D eigenvalue weighted by atomic mass is 16.7. The highest BCUT2D eigenvalue weighted by Gasteiger charge is 2.46. The minimum atomic E-state index is -0.584. The predicted octanol–water partition coefficient (Wildman–Crippen LogP) is 7.36. The number of aryl methyl sites for hydroxylation is 4. The molecule has 10 heteroatoms. The first-order valence-corrected chi connectivity index (χ1v) is 18.5. The Bertz CT molecular complexity index is 1550. The molecule has 4 rings (SSSR count). The first kappa shape index (κ1) is 41.6. The fraction of sp³-hybridized carbons (Fsp3) is 0.667. The second kappa shape index (κ2) is 16.5. The number of phenols is 2. The summed E-state index contributed by atoms with van der Waals surface area (Å²) >= 11 is 0. The van der Waals surface area contributed by atoms with Crippen LogP contribution >= 0.6 is 0 Å². The molecule has 2 aromatic carbocycles. The molecular weight excluding hydrogens is 664 g/mol. The molecule has 2 saturated heterocycles. The van der Waals surface area contributed by atoms with E-state index in [0.717, 1.165) is 33.4 Å². The predicted molar refractivity (Wildman–Crippen MR) is 198 cm³/mol. The van der Waals surface area contributed by atoms with Crippen LogP contribution in [-0.2, 0) is 61.7 Å². The third kappa shape index (κ3) is 10.7. The van der Waals surface area contributed by atoms with E-state index in [1.165, 1.54) is 0 Å². The van der Waals surface area contributed by atoms with E-state index in [-0.39, 0.29) is 54.7 Å². The summed E-state index contributed by atoms with van der Waals surface area (Å²) in [4.78, 5) is 25.3. The van der Waals surface area contributed by atoms with Gasteiger partial charge < -0.3 is 38.6 Å². The maximum absolute atomic E-state index is 12.7. The maximum Gasteiger partial charge on any atom is 0.306 e.